The summed E-state index contributed by atoms with van der Waals surface area (Å²) in [4.78, 5) is 0.0614. The first-order valence-corrected chi connectivity index (χ1v) is 7.05. The normalized spacial score (nSPS) is 10.8. The van der Waals surface area contributed by atoms with Gasteiger partial charge in [-0.2, -0.15) is 18.1 Å². The van der Waals surface area contributed by atoms with Gasteiger partial charge < -0.3 is 5.73 Å². The van der Waals surface area contributed by atoms with Crippen LogP contribution < -0.4 is 16.0 Å². The number of nitriles is 1. The maximum atomic E-state index is 12.3. The van der Waals surface area contributed by atoms with Crippen LogP contribution in [0.15, 0.2) is 53.4 Å². The molecule has 0 bridgehead atoms. The molecule has 0 aliphatic heterocycles. The van der Waals surface area contributed by atoms with Crippen molar-refractivity contribution in [3.63, 3.8) is 0 Å². The van der Waals surface area contributed by atoms with Gasteiger partial charge in [-0.3, -0.25) is 0 Å². The Morgan fingerprint density at radius 2 is 1.75 bits per heavy atom. The van der Waals surface area contributed by atoms with Crippen LogP contribution in [0.5, 0.6) is 0 Å². The first kappa shape index (κ1) is 13.9. The summed E-state index contributed by atoms with van der Waals surface area (Å²) in [6.45, 7) is 0. The van der Waals surface area contributed by atoms with Crippen molar-refractivity contribution in [1.29, 1.82) is 5.26 Å². The van der Waals surface area contributed by atoms with E-state index in [4.69, 9.17) is 16.8 Å². The van der Waals surface area contributed by atoms with Crippen molar-refractivity contribution in [2.24, 2.45) is 5.84 Å². The topological polar surface area (TPSA) is 113 Å². The van der Waals surface area contributed by atoms with Crippen LogP contribution >= 0.6 is 0 Å². The highest BCUT2D eigenvalue weighted by molar-refractivity contribution is 7.92. The minimum atomic E-state index is -3.89. The Morgan fingerprint density at radius 3 is 2.30 bits per heavy atom. The molecular formula is C13H12N4O2S. The molecule has 0 amide bonds. The molecule has 2 aromatic rings. The number of anilines is 2. The molecule has 0 radical (unpaired) electrons. The smallest absolute Gasteiger partial charge is 0.277 e. The first-order chi connectivity index (χ1) is 9.46. The van der Waals surface area contributed by atoms with Gasteiger partial charge in [0, 0.05) is 0 Å². The van der Waals surface area contributed by atoms with Crippen LogP contribution in [0.4, 0.5) is 11.4 Å². The molecule has 0 unspecified atom stereocenters. The zero-order chi connectivity index (χ0) is 14.8. The standard InChI is InChI=1S/C13H12N4O2S/c14-9-10-6-7-13(12(15)8-10)17(16)20(18,19)11-4-2-1-3-5-11/h1-8H,15-16H2. The van der Waals surface area contributed by atoms with Gasteiger partial charge in [-0.25, -0.2) is 5.84 Å². The molecule has 2 aromatic carbocycles. The maximum absolute atomic E-state index is 12.3. The lowest BCUT2D eigenvalue weighted by Crippen LogP contribution is -2.37. The third-order valence-electron chi connectivity index (χ3n) is 2.69. The summed E-state index contributed by atoms with van der Waals surface area (Å²) in [5, 5.41) is 8.76. The molecule has 7 heteroatoms. The van der Waals surface area contributed by atoms with Gasteiger partial charge in [0.25, 0.3) is 10.0 Å². The van der Waals surface area contributed by atoms with Crippen molar-refractivity contribution >= 4 is 21.4 Å². The molecule has 0 aliphatic rings. The number of hydrogen-bond acceptors (Lipinski definition) is 5. The number of benzene rings is 2. The lowest BCUT2D eigenvalue weighted by Gasteiger charge is -2.20. The van der Waals surface area contributed by atoms with Crippen LogP contribution in [-0.4, -0.2) is 8.42 Å². The predicted octanol–water partition coefficient (Wildman–Crippen LogP) is 1.21. The molecular weight excluding hydrogens is 276 g/mol. The Kier molecular flexibility index (Phi) is 3.61. The van der Waals surface area contributed by atoms with E-state index in [0.29, 0.717) is 9.98 Å². The highest BCUT2D eigenvalue weighted by Gasteiger charge is 2.23. The molecule has 0 spiro atoms. The molecule has 0 heterocycles. The minimum absolute atomic E-state index is 0.0614. The highest BCUT2D eigenvalue weighted by atomic mass is 32.2. The van der Waals surface area contributed by atoms with Crippen molar-refractivity contribution in [3.8, 4) is 6.07 Å². The Labute approximate surface area is 116 Å². The second-order valence-electron chi connectivity index (χ2n) is 4.00. The van der Waals surface area contributed by atoms with Gasteiger partial charge in [0.2, 0.25) is 0 Å². The van der Waals surface area contributed by atoms with E-state index in [1.807, 2.05) is 6.07 Å². The summed E-state index contributed by atoms with van der Waals surface area (Å²) in [5.41, 5.74) is 6.30. The van der Waals surface area contributed by atoms with Crippen molar-refractivity contribution < 1.29 is 8.42 Å². The monoisotopic (exact) mass is 288 g/mol. The fraction of sp³-hybridized carbons (Fsp3) is 0. The third-order valence-corrected chi connectivity index (χ3v) is 4.28. The number of nitrogens with two attached hydrogens (primary N) is 2. The zero-order valence-corrected chi connectivity index (χ0v) is 11.2. The summed E-state index contributed by atoms with van der Waals surface area (Å²) in [5.74, 6) is 5.68. The minimum Gasteiger partial charge on any atom is -0.397 e. The molecule has 0 atom stereocenters. The predicted molar refractivity (Wildman–Crippen MR) is 75.9 cm³/mol. The van der Waals surface area contributed by atoms with Gasteiger partial charge in [-0.05, 0) is 30.3 Å². The van der Waals surface area contributed by atoms with Crippen molar-refractivity contribution in [2.45, 2.75) is 4.90 Å². The van der Waals surface area contributed by atoms with E-state index in [1.165, 1.54) is 30.3 Å². The van der Waals surface area contributed by atoms with Gasteiger partial charge in [0.1, 0.15) is 0 Å². The molecule has 4 N–H and O–H groups in total. The van der Waals surface area contributed by atoms with Crippen molar-refractivity contribution in [3.05, 3.63) is 54.1 Å². The van der Waals surface area contributed by atoms with Crippen LogP contribution in [0.25, 0.3) is 0 Å². The fourth-order valence-corrected chi connectivity index (χ4v) is 2.81. The number of sulfonamides is 1. The SMILES string of the molecule is N#Cc1ccc(N(N)S(=O)(=O)c2ccccc2)c(N)c1. The number of hydrogen-bond donors (Lipinski definition) is 2. The van der Waals surface area contributed by atoms with E-state index in [2.05, 4.69) is 0 Å². The molecule has 0 saturated heterocycles. The lowest BCUT2D eigenvalue weighted by atomic mass is 10.2. The van der Waals surface area contributed by atoms with Gasteiger partial charge in [0.05, 0.1) is 27.9 Å². The lowest BCUT2D eigenvalue weighted by molar-refractivity contribution is 0.592. The van der Waals surface area contributed by atoms with Crippen LogP contribution in [0.2, 0.25) is 0 Å². The number of nitrogens with zero attached hydrogens (tertiary/aromatic N) is 2. The van der Waals surface area contributed by atoms with E-state index in [0.717, 1.165) is 0 Å². The Morgan fingerprint density at radius 1 is 1.10 bits per heavy atom. The van der Waals surface area contributed by atoms with Crippen molar-refractivity contribution in [1.82, 2.24) is 0 Å². The molecule has 0 saturated carbocycles. The quantitative estimate of drug-likeness (QED) is 0.500. The number of rotatable bonds is 3. The van der Waals surface area contributed by atoms with E-state index in [-0.39, 0.29) is 16.3 Å². The molecule has 102 valence electrons. The van der Waals surface area contributed by atoms with Crippen LogP contribution in [0.3, 0.4) is 0 Å². The molecule has 2 rings (SSSR count). The summed E-state index contributed by atoms with van der Waals surface area (Å²) in [6.07, 6.45) is 0. The van der Waals surface area contributed by atoms with E-state index in [1.54, 1.807) is 18.2 Å². The van der Waals surface area contributed by atoms with Gasteiger partial charge >= 0.3 is 0 Å². The maximum Gasteiger partial charge on any atom is 0.277 e. The van der Waals surface area contributed by atoms with Crippen LogP contribution in [-0.2, 0) is 10.0 Å². The first-order valence-electron chi connectivity index (χ1n) is 5.61. The summed E-state index contributed by atoms with van der Waals surface area (Å²) in [6, 6.07) is 13.9. The molecule has 0 fully saturated rings. The van der Waals surface area contributed by atoms with E-state index in [9.17, 15) is 8.42 Å². The van der Waals surface area contributed by atoms with Crippen molar-refractivity contribution in [2.75, 3.05) is 10.1 Å². The summed E-state index contributed by atoms with van der Waals surface area (Å²) in [7, 11) is -3.89. The Bertz CT molecular complexity index is 767. The van der Waals surface area contributed by atoms with Gasteiger partial charge in [-0.15, -0.1) is 0 Å². The highest BCUT2D eigenvalue weighted by Crippen LogP contribution is 2.26. The summed E-state index contributed by atoms with van der Waals surface area (Å²) >= 11 is 0. The molecule has 0 aliphatic carbocycles. The molecule has 20 heavy (non-hydrogen) atoms. The van der Waals surface area contributed by atoms with E-state index >= 15 is 0 Å². The second kappa shape index (κ2) is 5.21. The molecule has 6 nitrogen and oxygen atoms in total. The average Bonchev–Trinajstić information content (AvgIpc) is 2.47. The van der Waals surface area contributed by atoms with Gasteiger partial charge in [-0.1, -0.05) is 18.2 Å². The third kappa shape index (κ3) is 2.42. The van der Waals surface area contributed by atoms with Crippen LogP contribution in [0.1, 0.15) is 5.56 Å². The average molecular weight is 288 g/mol. The summed E-state index contributed by atoms with van der Waals surface area (Å²) < 4.78 is 25.2. The second-order valence-corrected chi connectivity index (χ2v) is 5.81. The zero-order valence-electron chi connectivity index (χ0n) is 10.4. The molecule has 0 aromatic heterocycles. The van der Waals surface area contributed by atoms with Crippen LogP contribution in [0, 0.1) is 11.3 Å². The number of hydrazine groups is 1. The van der Waals surface area contributed by atoms with Gasteiger partial charge in [0.15, 0.2) is 0 Å². The largest absolute Gasteiger partial charge is 0.397 e. The number of nitrogen functional groups attached to an aromatic ring is 1. The van der Waals surface area contributed by atoms with E-state index < -0.39 is 10.0 Å². The Balaban J connectivity index is 2.47. The fourth-order valence-electron chi connectivity index (χ4n) is 1.66. The Hall–Kier alpha value is -2.56.